The Hall–Kier alpha value is -2.67. The Morgan fingerprint density at radius 2 is 2.08 bits per heavy atom. The Labute approximate surface area is 142 Å². The number of para-hydroxylation sites is 1. The number of nitrogens with zero attached hydrogens (tertiary/aromatic N) is 2. The van der Waals surface area contributed by atoms with Gasteiger partial charge in [-0.3, -0.25) is 10.1 Å². The molecule has 2 N–H and O–H groups in total. The Morgan fingerprint density at radius 3 is 2.79 bits per heavy atom. The molecule has 3 amide bonds. The summed E-state index contributed by atoms with van der Waals surface area (Å²) in [6.07, 6.45) is 1.46. The first-order valence-corrected chi connectivity index (χ1v) is 7.67. The van der Waals surface area contributed by atoms with E-state index < -0.39 is 17.9 Å². The van der Waals surface area contributed by atoms with E-state index in [9.17, 15) is 14.0 Å². The molecule has 1 aromatic carbocycles. The highest BCUT2D eigenvalue weighted by atomic mass is 35.5. The zero-order chi connectivity index (χ0) is 17.1. The molecule has 0 saturated carbocycles. The molecular weight excluding hydrogens is 335 g/mol. The minimum Gasteiger partial charge on any atom is -0.326 e. The van der Waals surface area contributed by atoms with Gasteiger partial charge in [0.1, 0.15) is 17.7 Å². The van der Waals surface area contributed by atoms with E-state index in [1.165, 1.54) is 12.1 Å². The van der Waals surface area contributed by atoms with Gasteiger partial charge >= 0.3 is 6.03 Å². The van der Waals surface area contributed by atoms with Crippen LogP contribution >= 0.6 is 11.6 Å². The number of rotatable bonds is 3. The molecule has 8 heteroatoms. The summed E-state index contributed by atoms with van der Waals surface area (Å²) in [6, 6.07) is 8.33. The Balaban J connectivity index is 1.62. The minimum atomic E-state index is -0.651. The van der Waals surface area contributed by atoms with Crippen molar-refractivity contribution in [2.24, 2.45) is 0 Å². The number of amides is 3. The van der Waals surface area contributed by atoms with E-state index in [1.807, 2.05) is 0 Å². The van der Waals surface area contributed by atoms with Gasteiger partial charge in [0.05, 0.1) is 16.9 Å². The maximum Gasteiger partial charge on any atom is 0.321 e. The fourth-order valence-corrected chi connectivity index (χ4v) is 2.72. The average molecular weight is 349 g/mol. The van der Waals surface area contributed by atoms with Gasteiger partial charge in [0.2, 0.25) is 5.91 Å². The molecular formula is C16H14ClFN4O2. The van der Waals surface area contributed by atoms with Crippen LogP contribution in [-0.4, -0.2) is 29.5 Å². The molecule has 3 rings (SSSR count). The summed E-state index contributed by atoms with van der Waals surface area (Å²) in [7, 11) is 0. The standard InChI is InChI=1S/C16H14ClFN4O2/c17-11-3-1-2-4-13(11)22-8-7-12(15(22)23)20-16(24)21-14-6-5-10(18)9-19-14/h1-6,9,12H,7-8H2,(H2,19,20,21,24)/t12-/m1/s1. The van der Waals surface area contributed by atoms with Gasteiger partial charge in [0, 0.05) is 6.54 Å². The number of urea groups is 1. The Kier molecular flexibility index (Phi) is 4.61. The van der Waals surface area contributed by atoms with E-state index in [4.69, 9.17) is 11.6 Å². The number of carbonyl (C=O) groups excluding carboxylic acids is 2. The van der Waals surface area contributed by atoms with Crippen molar-refractivity contribution >= 4 is 35.0 Å². The predicted molar refractivity (Wildman–Crippen MR) is 88.6 cm³/mol. The van der Waals surface area contributed by atoms with Crippen LogP contribution in [0.4, 0.5) is 20.7 Å². The van der Waals surface area contributed by atoms with Crippen LogP contribution in [0.2, 0.25) is 5.02 Å². The lowest BCUT2D eigenvalue weighted by molar-refractivity contribution is -0.118. The monoisotopic (exact) mass is 348 g/mol. The number of hydrogen-bond donors (Lipinski definition) is 2. The van der Waals surface area contributed by atoms with Crippen molar-refractivity contribution in [2.75, 3.05) is 16.8 Å². The summed E-state index contributed by atoms with van der Waals surface area (Å²) in [4.78, 5) is 29.7. The third kappa shape index (κ3) is 3.46. The van der Waals surface area contributed by atoms with Crippen LogP contribution in [-0.2, 0) is 4.79 Å². The van der Waals surface area contributed by atoms with Crippen LogP contribution in [0, 0.1) is 5.82 Å². The highest BCUT2D eigenvalue weighted by Crippen LogP contribution is 2.28. The van der Waals surface area contributed by atoms with E-state index in [2.05, 4.69) is 15.6 Å². The molecule has 124 valence electrons. The number of halogens is 2. The molecule has 1 saturated heterocycles. The van der Waals surface area contributed by atoms with Gasteiger partial charge in [-0.25, -0.2) is 14.2 Å². The fourth-order valence-electron chi connectivity index (χ4n) is 2.48. The van der Waals surface area contributed by atoms with Crippen LogP contribution < -0.4 is 15.5 Å². The third-order valence-electron chi connectivity index (χ3n) is 3.62. The molecule has 1 aromatic heterocycles. The number of anilines is 2. The van der Waals surface area contributed by atoms with Gasteiger partial charge in [0.25, 0.3) is 0 Å². The number of hydrogen-bond acceptors (Lipinski definition) is 3. The zero-order valence-electron chi connectivity index (χ0n) is 12.5. The van der Waals surface area contributed by atoms with Gasteiger partial charge in [-0.15, -0.1) is 0 Å². The van der Waals surface area contributed by atoms with Gasteiger partial charge in [-0.05, 0) is 30.7 Å². The first-order valence-electron chi connectivity index (χ1n) is 7.29. The molecule has 0 spiro atoms. The van der Waals surface area contributed by atoms with Gasteiger partial charge in [-0.2, -0.15) is 0 Å². The quantitative estimate of drug-likeness (QED) is 0.895. The lowest BCUT2D eigenvalue weighted by Crippen LogP contribution is -2.43. The van der Waals surface area contributed by atoms with Crippen molar-refractivity contribution in [1.82, 2.24) is 10.3 Å². The highest BCUT2D eigenvalue weighted by molar-refractivity contribution is 6.34. The number of nitrogens with one attached hydrogen (secondary N) is 2. The molecule has 2 aromatic rings. The molecule has 6 nitrogen and oxygen atoms in total. The van der Waals surface area contributed by atoms with E-state index in [-0.39, 0.29) is 11.7 Å². The molecule has 1 atom stereocenters. The Bertz CT molecular complexity index is 769. The molecule has 0 aliphatic carbocycles. The zero-order valence-corrected chi connectivity index (χ0v) is 13.3. The highest BCUT2D eigenvalue weighted by Gasteiger charge is 2.34. The van der Waals surface area contributed by atoms with Crippen LogP contribution in [0.3, 0.4) is 0 Å². The van der Waals surface area contributed by atoms with Gasteiger partial charge < -0.3 is 10.2 Å². The SMILES string of the molecule is O=C(Nc1ccc(F)cn1)N[C@@H]1CCN(c2ccccc2Cl)C1=O. The molecule has 2 heterocycles. The maximum atomic E-state index is 12.8. The van der Waals surface area contributed by atoms with Crippen molar-refractivity contribution in [1.29, 1.82) is 0 Å². The van der Waals surface area contributed by atoms with Crippen molar-refractivity contribution in [3.8, 4) is 0 Å². The van der Waals surface area contributed by atoms with E-state index in [1.54, 1.807) is 29.2 Å². The molecule has 0 radical (unpaired) electrons. The first kappa shape index (κ1) is 16.2. The first-order chi connectivity index (χ1) is 11.5. The van der Waals surface area contributed by atoms with Crippen LogP contribution in [0.1, 0.15) is 6.42 Å². The molecule has 1 aliphatic heterocycles. The molecule has 0 unspecified atom stereocenters. The van der Waals surface area contributed by atoms with Crippen molar-refractivity contribution in [3.63, 3.8) is 0 Å². The number of benzene rings is 1. The molecule has 24 heavy (non-hydrogen) atoms. The van der Waals surface area contributed by atoms with Crippen molar-refractivity contribution in [2.45, 2.75) is 12.5 Å². The molecule has 1 aliphatic rings. The van der Waals surface area contributed by atoms with Crippen LogP contribution in [0.25, 0.3) is 0 Å². The smallest absolute Gasteiger partial charge is 0.321 e. The van der Waals surface area contributed by atoms with E-state index >= 15 is 0 Å². The van der Waals surface area contributed by atoms with Crippen molar-refractivity contribution in [3.05, 3.63) is 53.4 Å². The van der Waals surface area contributed by atoms with Gasteiger partial charge in [-0.1, -0.05) is 23.7 Å². The number of carbonyl (C=O) groups is 2. The number of aromatic nitrogens is 1. The van der Waals surface area contributed by atoms with Gasteiger partial charge in [0.15, 0.2) is 0 Å². The summed E-state index contributed by atoms with van der Waals surface area (Å²) in [5, 5.41) is 5.53. The third-order valence-corrected chi connectivity index (χ3v) is 3.94. The second-order valence-corrected chi connectivity index (χ2v) is 5.65. The largest absolute Gasteiger partial charge is 0.326 e. The molecule has 1 fully saturated rings. The maximum absolute atomic E-state index is 12.8. The Morgan fingerprint density at radius 1 is 1.29 bits per heavy atom. The lowest BCUT2D eigenvalue weighted by Gasteiger charge is -2.18. The predicted octanol–water partition coefficient (Wildman–Crippen LogP) is 2.80. The number of pyridine rings is 1. The van der Waals surface area contributed by atoms with Crippen LogP contribution in [0.15, 0.2) is 42.6 Å². The molecule has 0 bridgehead atoms. The fraction of sp³-hybridized carbons (Fsp3) is 0.188. The lowest BCUT2D eigenvalue weighted by atomic mass is 10.2. The van der Waals surface area contributed by atoms with Crippen LogP contribution in [0.5, 0.6) is 0 Å². The average Bonchev–Trinajstić information content (AvgIpc) is 2.91. The summed E-state index contributed by atoms with van der Waals surface area (Å²) in [5.74, 6) is -0.532. The van der Waals surface area contributed by atoms with E-state index in [0.717, 1.165) is 6.20 Å². The second kappa shape index (κ2) is 6.84. The summed E-state index contributed by atoms with van der Waals surface area (Å²) >= 11 is 6.11. The second-order valence-electron chi connectivity index (χ2n) is 5.24. The summed E-state index contributed by atoms with van der Waals surface area (Å²) in [5.41, 5.74) is 0.620. The topological polar surface area (TPSA) is 74.3 Å². The van der Waals surface area contributed by atoms with E-state index in [0.29, 0.717) is 23.7 Å². The summed E-state index contributed by atoms with van der Waals surface area (Å²) < 4.78 is 12.8. The summed E-state index contributed by atoms with van der Waals surface area (Å²) in [6.45, 7) is 0.461. The van der Waals surface area contributed by atoms with Crippen molar-refractivity contribution < 1.29 is 14.0 Å². The normalized spacial score (nSPS) is 17.0. The minimum absolute atomic E-state index is 0.197.